The van der Waals surface area contributed by atoms with Gasteiger partial charge < -0.3 is 4.74 Å². The minimum atomic E-state index is -3.53. The lowest BCUT2D eigenvalue weighted by molar-refractivity contribution is -0.139. The monoisotopic (exact) mass is 475 g/mol. The third kappa shape index (κ3) is 5.42. The van der Waals surface area contributed by atoms with E-state index in [-0.39, 0.29) is 17.1 Å². The van der Waals surface area contributed by atoms with Gasteiger partial charge in [-0.15, -0.1) is 0 Å². The lowest BCUT2D eigenvalue weighted by Gasteiger charge is -2.18. The summed E-state index contributed by atoms with van der Waals surface area (Å²) in [5.41, 5.74) is 1.01. The van der Waals surface area contributed by atoms with Crippen molar-refractivity contribution in [3.63, 3.8) is 0 Å². The standard InChI is InChI=1S/C22H22ClN3O5S/c1-3-25(4-2)32(29,30)19-9-5-16(6-10-19)7-12-22(28)31-15-18-13-21(27)26-14-17(23)8-11-20(26)24-18/h5-14H,3-4,15H2,1-2H3/b12-7+. The van der Waals surface area contributed by atoms with E-state index < -0.39 is 16.0 Å². The van der Waals surface area contributed by atoms with Gasteiger partial charge in [0.25, 0.3) is 5.56 Å². The largest absolute Gasteiger partial charge is 0.456 e. The number of carbonyl (C=O) groups is 1. The van der Waals surface area contributed by atoms with Crippen LogP contribution in [0.25, 0.3) is 11.7 Å². The number of nitrogens with zero attached hydrogens (tertiary/aromatic N) is 3. The van der Waals surface area contributed by atoms with E-state index in [4.69, 9.17) is 16.3 Å². The molecule has 3 rings (SSSR count). The molecule has 32 heavy (non-hydrogen) atoms. The molecule has 3 aromatic rings. The molecule has 0 amide bonds. The molecule has 0 fully saturated rings. The Morgan fingerprint density at radius 1 is 1.16 bits per heavy atom. The second-order valence-corrected chi connectivity index (χ2v) is 9.14. The first-order chi connectivity index (χ1) is 15.2. The summed E-state index contributed by atoms with van der Waals surface area (Å²) in [5, 5.41) is 0.407. The van der Waals surface area contributed by atoms with Crippen molar-refractivity contribution in [2.75, 3.05) is 13.1 Å². The summed E-state index contributed by atoms with van der Waals surface area (Å²) in [6.07, 6.45) is 4.20. The first kappa shape index (κ1) is 23.6. The molecule has 0 aliphatic heterocycles. The summed E-state index contributed by atoms with van der Waals surface area (Å²) in [5.74, 6) is -0.622. The van der Waals surface area contributed by atoms with Crippen molar-refractivity contribution in [1.29, 1.82) is 0 Å². The molecule has 0 saturated carbocycles. The van der Waals surface area contributed by atoms with Crippen molar-refractivity contribution < 1.29 is 17.9 Å². The van der Waals surface area contributed by atoms with Crippen LogP contribution in [0, 0.1) is 0 Å². The molecule has 0 N–H and O–H groups in total. The molecule has 2 heterocycles. The quantitative estimate of drug-likeness (QED) is 0.366. The predicted octanol–water partition coefficient (Wildman–Crippen LogP) is 3.14. The van der Waals surface area contributed by atoms with Gasteiger partial charge in [-0.2, -0.15) is 4.31 Å². The van der Waals surface area contributed by atoms with Crippen LogP contribution >= 0.6 is 11.6 Å². The average molecular weight is 476 g/mol. The number of fused-ring (bicyclic) bond motifs is 1. The molecule has 0 radical (unpaired) electrons. The lowest BCUT2D eigenvalue weighted by Crippen LogP contribution is -2.30. The zero-order valence-electron chi connectivity index (χ0n) is 17.6. The highest BCUT2D eigenvalue weighted by molar-refractivity contribution is 7.89. The topological polar surface area (TPSA) is 98.0 Å². The van der Waals surface area contributed by atoms with Gasteiger partial charge in [-0.05, 0) is 35.9 Å². The van der Waals surface area contributed by atoms with E-state index in [0.717, 1.165) is 0 Å². The zero-order valence-corrected chi connectivity index (χ0v) is 19.1. The van der Waals surface area contributed by atoms with Crippen molar-refractivity contribution in [2.45, 2.75) is 25.3 Å². The summed E-state index contributed by atoms with van der Waals surface area (Å²) < 4.78 is 32.8. The van der Waals surface area contributed by atoms with Crippen molar-refractivity contribution in [2.24, 2.45) is 0 Å². The Morgan fingerprint density at radius 2 is 1.84 bits per heavy atom. The van der Waals surface area contributed by atoms with Crippen LogP contribution in [0.3, 0.4) is 0 Å². The SMILES string of the molecule is CCN(CC)S(=O)(=O)c1ccc(/C=C/C(=O)OCc2cc(=O)n3cc(Cl)ccc3n2)cc1. The van der Waals surface area contributed by atoms with Crippen LogP contribution in [0.4, 0.5) is 0 Å². The number of rotatable bonds is 8. The summed E-state index contributed by atoms with van der Waals surface area (Å²) in [6.45, 7) is 4.17. The van der Waals surface area contributed by atoms with Crippen LogP contribution in [0.15, 0.2) is 64.4 Å². The first-order valence-corrected chi connectivity index (χ1v) is 11.7. The van der Waals surface area contributed by atoms with Gasteiger partial charge in [-0.1, -0.05) is 37.6 Å². The Morgan fingerprint density at radius 3 is 2.50 bits per heavy atom. The van der Waals surface area contributed by atoms with Gasteiger partial charge in [-0.3, -0.25) is 9.20 Å². The van der Waals surface area contributed by atoms with E-state index in [1.807, 2.05) is 0 Å². The van der Waals surface area contributed by atoms with E-state index in [1.165, 1.54) is 45.3 Å². The van der Waals surface area contributed by atoms with Crippen LogP contribution in [0.2, 0.25) is 5.02 Å². The number of ether oxygens (including phenoxy) is 1. The van der Waals surface area contributed by atoms with Crippen LogP contribution in [0.5, 0.6) is 0 Å². The van der Waals surface area contributed by atoms with Crippen molar-refractivity contribution >= 4 is 39.3 Å². The number of aromatic nitrogens is 2. The third-order valence-corrected chi connectivity index (χ3v) is 6.96. The van der Waals surface area contributed by atoms with Crippen LogP contribution in [-0.4, -0.2) is 41.2 Å². The Balaban J connectivity index is 1.64. The molecule has 0 spiro atoms. The van der Waals surface area contributed by atoms with E-state index in [9.17, 15) is 18.0 Å². The number of benzene rings is 1. The fourth-order valence-electron chi connectivity index (χ4n) is 3.02. The number of esters is 1. The summed E-state index contributed by atoms with van der Waals surface area (Å²) in [6, 6.07) is 10.7. The van der Waals surface area contributed by atoms with Crippen molar-refractivity contribution in [3.8, 4) is 0 Å². The molecule has 0 atom stereocenters. The number of hydrogen-bond acceptors (Lipinski definition) is 6. The molecule has 0 aliphatic carbocycles. The number of hydrogen-bond donors (Lipinski definition) is 0. The number of halogens is 1. The van der Waals surface area contributed by atoms with Gasteiger partial charge in [0.15, 0.2) is 0 Å². The summed E-state index contributed by atoms with van der Waals surface area (Å²) >= 11 is 5.88. The Labute approximate surface area is 190 Å². The smallest absolute Gasteiger partial charge is 0.331 e. The highest BCUT2D eigenvalue weighted by Crippen LogP contribution is 2.17. The van der Waals surface area contributed by atoms with E-state index in [0.29, 0.717) is 35.0 Å². The maximum atomic E-state index is 12.5. The highest BCUT2D eigenvalue weighted by atomic mass is 35.5. The third-order valence-electron chi connectivity index (χ3n) is 4.67. The van der Waals surface area contributed by atoms with Gasteiger partial charge in [-0.25, -0.2) is 18.2 Å². The van der Waals surface area contributed by atoms with Crippen molar-refractivity contribution in [1.82, 2.24) is 13.7 Å². The fourth-order valence-corrected chi connectivity index (χ4v) is 4.64. The molecule has 168 valence electrons. The van der Waals surface area contributed by atoms with Crippen LogP contribution < -0.4 is 5.56 Å². The minimum absolute atomic E-state index is 0.168. The van der Waals surface area contributed by atoms with E-state index >= 15 is 0 Å². The Bertz CT molecular complexity index is 1310. The van der Waals surface area contributed by atoms with Crippen molar-refractivity contribution in [3.05, 3.63) is 81.4 Å². The molecule has 0 aliphatic rings. The number of carbonyl (C=O) groups excluding carboxylic acids is 1. The Kier molecular flexibility index (Phi) is 7.44. The van der Waals surface area contributed by atoms with Gasteiger partial charge in [0.2, 0.25) is 10.0 Å². The molecular weight excluding hydrogens is 454 g/mol. The van der Waals surface area contributed by atoms with Gasteiger partial charge >= 0.3 is 5.97 Å². The normalized spacial score (nSPS) is 12.0. The zero-order chi connectivity index (χ0) is 23.3. The molecule has 0 unspecified atom stereocenters. The molecule has 0 saturated heterocycles. The van der Waals surface area contributed by atoms with E-state index in [2.05, 4.69) is 4.98 Å². The molecule has 1 aromatic carbocycles. The van der Waals surface area contributed by atoms with E-state index in [1.54, 1.807) is 38.1 Å². The molecule has 10 heteroatoms. The minimum Gasteiger partial charge on any atom is -0.456 e. The lowest BCUT2D eigenvalue weighted by atomic mass is 10.2. The second kappa shape index (κ2) is 10.1. The first-order valence-electron chi connectivity index (χ1n) is 9.87. The average Bonchev–Trinajstić information content (AvgIpc) is 2.77. The second-order valence-electron chi connectivity index (χ2n) is 6.76. The Hall–Kier alpha value is -3.01. The number of sulfonamides is 1. The van der Waals surface area contributed by atoms with Crippen LogP contribution in [0.1, 0.15) is 25.1 Å². The molecular formula is C22H22ClN3O5S. The van der Waals surface area contributed by atoms with Gasteiger partial charge in [0.05, 0.1) is 15.6 Å². The molecule has 2 aromatic heterocycles. The summed E-state index contributed by atoms with van der Waals surface area (Å²) in [7, 11) is -3.53. The van der Waals surface area contributed by atoms with Crippen LogP contribution in [-0.2, 0) is 26.2 Å². The summed E-state index contributed by atoms with van der Waals surface area (Å²) in [4.78, 5) is 28.6. The predicted molar refractivity (Wildman–Crippen MR) is 122 cm³/mol. The molecule has 0 bridgehead atoms. The van der Waals surface area contributed by atoms with Gasteiger partial charge in [0.1, 0.15) is 12.3 Å². The number of pyridine rings is 1. The maximum Gasteiger partial charge on any atom is 0.331 e. The molecule has 8 nitrogen and oxygen atoms in total. The fraction of sp³-hybridized carbons (Fsp3) is 0.227. The van der Waals surface area contributed by atoms with Gasteiger partial charge in [0, 0.05) is 31.4 Å². The maximum absolute atomic E-state index is 12.5. The highest BCUT2D eigenvalue weighted by Gasteiger charge is 2.20.